The van der Waals surface area contributed by atoms with Crippen LogP contribution >= 0.6 is 0 Å². The van der Waals surface area contributed by atoms with Crippen LogP contribution in [0.1, 0.15) is 48.7 Å². The number of aromatic nitrogens is 2. The highest BCUT2D eigenvalue weighted by molar-refractivity contribution is 6.12. The molecule has 238 valence electrons. The minimum atomic E-state index is -0.301. The number of anilines is 2. The number of methoxy groups -OCH3 is 1. The van der Waals surface area contributed by atoms with Crippen LogP contribution in [0.5, 0.6) is 5.75 Å². The third-order valence-corrected chi connectivity index (χ3v) is 8.33. The molecule has 6 aromatic rings. The summed E-state index contributed by atoms with van der Waals surface area (Å²) in [4.78, 5) is 18.9. The van der Waals surface area contributed by atoms with E-state index in [-0.39, 0.29) is 17.6 Å². The molecule has 2 aromatic heterocycles. The van der Waals surface area contributed by atoms with E-state index in [0.717, 1.165) is 75.5 Å². The molecule has 0 atom stereocenters. The Morgan fingerprint density at radius 2 is 1.60 bits per heavy atom. The molecular weight excluding hydrogens is 587 g/mol. The van der Waals surface area contributed by atoms with E-state index in [2.05, 4.69) is 34.0 Å². The Kier molecular flexibility index (Phi) is 9.62. The van der Waals surface area contributed by atoms with Crippen molar-refractivity contribution in [3.8, 4) is 28.1 Å². The lowest BCUT2D eigenvalue weighted by Crippen LogP contribution is -2.16. The highest BCUT2D eigenvalue weighted by Gasteiger charge is 2.30. The summed E-state index contributed by atoms with van der Waals surface area (Å²) in [6.45, 7) is 5.65. The average Bonchev–Trinajstić information content (AvgIpc) is 3.44. The number of rotatable bonds is 12. The number of pyridine rings is 1. The van der Waals surface area contributed by atoms with Crippen LogP contribution in [-0.2, 0) is 6.54 Å². The molecule has 47 heavy (non-hydrogen) atoms. The van der Waals surface area contributed by atoms with Crippen LogP contribution in [0.4, 0.5) is 15.8 Å². The van der Waals surface area contributed by atoms with Crippen molar-refractivity contribution in [2.45, 2.75) is 39.2 Å². The van der Waals surface area contributed by atoms with Crippen molar-refractivity contribution < 1.29 is 13.9 Å². The van der Waals surface area contributed by atoms with Crippen LogP contribution in [0.15, 0.2) is 115 Å². The Balaban J connectivity index is 1.38. The van der Waals surface area contributed by atoms with E-state index >= 15 is 0 Å². The van der Waals surface area contributed by atoms with Gasteiger partial charge in [0, 0.05) is 47.7 Å². The highest BCUT2D eigenvalue weighted by Crippen LogP contribution is 2.42. The minimum Gasteiger partial charge on any atom is -0.497 e. The number of para-hydroxylation sites is 1. The number of carbonyl (C=O) groups excluding carboxylic acids is 1. The fourth-order valence-electron chi connectivity index (χ4n) is 6.24. The van der Waals surface area contributed by atoms with Gasteiger partial charge >= 0.3 is 0 Å². The van der Waals surface area contributed by atoms with E-state index in [9.17, 15) is 9.18 Å². The molecule has 0 unspecified atom stereocenters. The van der Waals surface area contributed by atoms with Crippen molar-refractivity contribution in [1.82, 2.24) is 9.55 Å². The summed E-state index contributed by atoms with van der Waals surface area (Å²) in [5.74, 6) is 0.348. The van der Waals surface area contributed by atoms with Gasteiger partial charge in [-0.15, -0.1) is 0 Å². The quantitative estimate of drug-likeness (QED) is 0.133. The summed E-state index contributed by atoms with van der Waals surface area (Å²) in [5.41, 5.74) is 7.71. The molecule has 0 saturated heterocycles. The Morgan fingerprint density at radius 1 is 0.872 bits per heavy atom. The molecule has 0 fully saturated rings. The number of hydrogen-bond acceptors (Lipinski definition) is 4. The standard InChI is InChI=1S/C40H39FN4O2/c1-27(2)38-36(40(46)44-32-16-8-5-9-17-32)35(28-13-6-4-7-14-28)39(29-18-20-31(41)21-19-29)45(38)24-11-10-22-42-34-26-33(47-3)25-30-15-12-23-43-37(30)34/h4-9,12-21,23,25-27,42H,10-11,22,24H2,1-3H3,(H,44,46). The molecule has 6 nitrogen and oxygen atoms in total. The van der Waals surface area contributed by atoms with Crippen molar-refractivity contribution >= 4 is 28.2 Å². The van der Waals surface area contributed by atoms with Gasteiger partial charge < -0.3 is 19.9 Å². The summed E-state index contributed by atoms with van der Waals surface area (Å²) in [5, 5.41) is 7.73. The third-order valence-electron chi connectivity index (χ3n) is 8.33. The summed E-state index contributed by atoms with van der Waals surface area (Å²) in [7, 11) is 1.67. The van der Waals surface area contributed by atoms with E-state index in [4.69, 9.17) is 4.74 Å². The fourth-order valence-corrected chi connectivity index (χ4v) is 6.24. The molecular formula is C40H39FN4O2. The number of amides is 1. The zero-order valence-corrected chi connectivity index (χ0v) is 27.0. The maximum absolute atomic E-state index is 14.3. The van der Waals surface area contributed by atoms with E-state index in [0.29, 0.717) is 12.1 Å². The molecule has 0 bridgehead atoms. The molecule has 1 amide bonds. The predicted molar refractivity (Wildman–Crippen MR) is 190 cm³/mol. The molecule has 0 aliphatic rings. The number of nitrogens with one attached hydrogen (secondary N) is 2. The Hall–Kier alpha value is -5.43. The van der Waals surface area contributed by atoms with Crippen LogP contribution in [0.25, 0.3) is 33.3 Å². The molecule has 0 aliphatic carbocycles. The number of benzene rings is 4. The first-order valence-corrected chi connectivity index (χ1v) is 16.1. The van der Waals surface area contributed by atoms with Gasteiger partial charge in [0.05, 0.1) is 29.6 Å². The molecule has 0 aliphatic heterocycles. The second-order valence-electron chi connectivity index (χ2n) is 11.9. The Bertz CT molecular complexity index is 1970. The van der Waals surface area contributed by atoms with Crippen molar-refractivity contribution in [2.75, 3.05) is 24.3 Å². The Labute approximate surface area is 275 Å². The summed E-state index contributed by atoms with van der Waals surface area (Å²) in [6.07, 6.45) is 3.52. The minimum absolute atomic E-state index is 0.0375. The fraction of sp³-hybridized carbons (Fsp3) is 0.200. The molecule has 7 heteroatoms. The molecule has 2 N–H and O–H groups in total. The lowest BCUT2D eigenvalue weighted by atomic mass is 9.94. The lowest BCUT2D eigenvalue weighted by molar-refractivity contribution is 0.102. The topological polar surface area (TPSA) is 68.2 Å². The van der Waals surface area contributed by atoms with Gasteiger partial charge in [0.1, 0.15) is 11.6 Å². The van der Waals surface area contributed by atoms with E-state index in [1.165, 1.54) is 12.1 Å². The summed E-state index contributed by atoms with van der Waals surface area (Å²) >= 11 is 0. The number of hydrogen-bond donors (Lipinski definition) is 2. The van der Waals surface area contributed by atoms with Crippen molar-refractivity contribution in [3.63, 3.8) is 0 Å². The van der Waals surface area contributed by atoms with Gasteiger partial charge in [-0.05, 0) is 78.4 Å². The lowest BCUT2D eigenvalue weighted by Gasteiger charge is -2.18. The molecule has 0 spiro atoms. The van der Waals surface area contributed by atoms with Crippen LogP contribution in [0.2, 0.25) is 0 Å². The number of fused-ring (bicyclic) bond motifs is 1. The molecule has 2 heterocycles. The van der Waals surface area contributed by atoms with E-state index in [1.807, 2.05) is 84.9 Å². The number of nitrogens with zero attached hydrogens (tertiary/aromatic N) is 2. The van der Waals surface area contributed by atoms with Crippen LogP contribution in [0, 0.1) is 5.82 Å². The second-order valence-corrected chi connectivity index (χ2v) is 11.9. The average molecular weight is 627 g/mol. The maximum atomic E-state index is 14.3. The Morgan fingerprint density at radius 3 is 2.30 bits per heavy atom. The number of halogens is 1. The maximum Gasteiger partial charge on any atom is 0.258 e. The third kappa shape index (κ3) is 6.89. The van der Waals surface area contributed by atoms with Crippen LogP contribution in [0.3, 0.4) is 0 Å². The van der Waals surface area contributed by atoms with Gasteiger partial charge in [-0.3, -0.25) is 9.78 Å². The first-order chi connectivity index (χ1) is 22.9. The van der Waals surface area contributed by atoms with Gasteiger partial charge in [-0.25, -0.2) is 4.39 Å². The van der Waals surface area contributed by atoms with E-state index < -0.39 is 0 Å². The van der Waals surface area contributed by atoms with Crippen LogP contribution < -0.4 is 15.4 Å². The zero-order chi connectivity index (χ0) is 32.8. The predicted octanol–water partition coefficient (Wildman–Crippen LogP) is 9.79. The van der Waals surface area contributed by atoms with Gasteiger partial charge in [0.25, 0.3) is 5.91 Å². The highest BCUT2D eigenvalue weighted by atomic mass is 19.1. The van der Waals surface area contributed by atoms with Gasteiger partial charge in [-0.2, -0.15) is 0 Å². The first-order valence-electron chi connectivity index (χ1n) is 16.1. The number of ether oxygens (including phenoxy) is 1. The molecule has 6 rings (SSSR count). The number of unbranched alkanes of at least 4 members (excludes halogenated alkanes) is 1. The first kappa shape index (κ1) is 31.5. The smallest absolute Gasteiger partial charge is 0.258 e. The normalized spacial score (nSPS) is 11.2. The number of carbonyl (C=O) groups is 1. The largest absolute Gasteiger partial charge is 0.497 e. The van der Waals surface area contributed by atoms with Gasteiger partial charge in [-0.1, -0.05) is 68.4 Å². The van der Waals surface area contributed by atoms with Crippen molar-refractivity contribution in [1.29, 1.82) is 0 Å². The van der Waals surface area contributed by atoms with Gasteiger partial charge in [0.2, 0.25) is 0 Å². The van der Waals surface area contributed by atoms with Crippen molar-refractivity contribution in [2.24, 2.45) is 0 Å². The van der Waals surface area contributed by atoms with Crippen LogP contribution in [-0.4, -0.2) is 29.1 Å². The van der Waals surface area contributed by atoms with Crippen molar-refractivity contribution in [3.05, 3.63) is 132 Å². The summed E-state index contributed by atoms with van der Waals surface area (Å²) in [6, 6.07) is 34.0. The molecule has 4 aromatic carbocycles. The summed E-state index contributed by atoms with van der Waals surface area (Å²) < 4.78 is 22.0. The molecule has 0 saturated carbocycles. The van der Waals surface area contributed by atoms with Gasteiger partial charge in [0.15, 0.2) is 0 Å². The van der Waals surface area contributed by atoms with E-state index in [1.54, 1.807) is 25.4 Å². The SMILES string of the molecule is COc1cc(NCCCCn2c(-c3ccc(F)cc3)c(-c3ccccc3)c(C(=O)Nc3ccccc3)c2C(C)C)c2ncccc2c1. The molecule has 0 radical (unpaired) electrons. The zero-order valence-electron chi connectivity index (χ0n) is 27.0. The monoisotopic (exact) mass is 626 g/mol. The second kappa shape index (κ2) is 14.3.